The van der Waals surface area contributed by atoms with Gasteiger partial charge in [0.1, 0.15) is 29.7 Å². The average molecular weight is 418 g/mol. The molecular weight excluding hydrogens is 390 g/mol. The smallest absolute Gasteiger partial charge is 0.127 e. The predicted octanol–water partition coefficient (Wildman–Crippen LogP) is 3.92. The number of aromatic nitrogens is 2. The van der Waals surface area contributed by atoms with E-state index in [1.165, 1.54) is 0 Å². The molecule has 2 fully saturated rings. The zero-order valence-electron chi connectivity index (χ0n) is 17.4. The molecule has 1 aromatic heterocycles. The van der Waals surface area contributed by atoms with Gasteiger partial charge in [0.15, 0.2) is 0 Å². The van der Waals surface area contributed by atoms with E-state index in [1.807, 2.05) is 67.0 Å². The fourth-order valence-corrected chi connectivity index (χ4v) is 4.80. The Morgan fingerprint density at radius 1 is 0.839 bits per heavy atom. The van der Waals surface area contributed by atoms with Gasteiger partial charge in [0.25, 0.3) is 0 Å². The molecule has 2 heterocycles. The molecule has 3 aromatic rings. The van der Waals surface area contributed by atoms with Crippen LogP contribution in [0, 0.1) is 11.8 Å². The van der Waals surface area contributed by atoms with Crippen LogP contribution >= 0.6 is 0 Å². The Hall–Kier alpha value is -2.96. The molecule has 0 radical (unpaired) electrons. The third kappa shape index (κ3) is 4.86. The summed E-state index contributed by atoms with van der Waals surface area (Å²) in [4.78, 5) is 10.7. The van der Waals surface area contributed by atoms with E-state index in [1.54, 1.807) is 6.33 Å². The highest BCUT2D eigenvalue weighted by Gasteiger charge is 2.42. The lowest BCUT2D eigenvalue weighted by Gasteiger charge is -2.35. The summed E-state index contributed by atoms with van der Waals surface area (Å²) >= 11 is 0. The van der Waals surface area contributed by atoms with Crippen molar-refractivity contribution in [2.24, 2.45) is 11.8 Å². The van der Waals surface area contributed by atoms with Crippen LogP contribution in [0.15, 0.2) is 73.3 Å². The van der Waals surface area contributed by atoms with Gasteiger partial charge in [-0.25, -0.2) is 9.97 Å². The minimum atomic E-state index is -0.443. The van der Waals surface area contributed by atoms with Gasteiger partial charge in [-0.2, -0.15) is 0 Å². The zero-order chi connectivity index (χ0) is 21.0. The van der Waals surface area contributed by atoms with E-state index in [4.69, 9.17) is 9.47 Å². The summed E-state index contributed by atoms with van der Waals surface area (Å²) in [5.74, 6) is 3.39. The number of aliphatic hydroxyl groups is 1. The third-order valence-electron chi connectivity index (χ3n) is 6.27. The summed E-state index contributed by atoms with van der Waals surface area (Å²) in [6.45, 7) is 2.89. The molecule has 1 saturated carbocycles. The first-order chi connectivity index (χ1) is 15.2. The first kappa shape index (κ1) is 20.0. The summed E-state index contributed by atoms with van der Waals surface area (Å²) in [5.41, 5.74) is 1.13. The number of hydrogen-bond acceptors (Lipinski definition) is 6. The van der Waals surface area contributed by atoms with E-state index < -0.39 is 6.10 Å². The van der Waals surface area contributed by atoms with Gasteiger partial charge in [-0.1, -0.05) is 18.2 Å². The Bertz CT molecular complexity index is 968. The first-order valence-electron chi connectivity index (χ1n) is 10.9. The predicted molar refractivity (Wildman–Crippen MR) is 117 cm³/mol. The Balaban J connectivity index is 1.17. The van der Waals surface area contributed by atoms with Gasteiger partial charge in [-0.3, -0.25) is 4.90 Å². The van der Waals surface area contributed by atoms with Crippen LogP contribution < -0.4 is 9.47 Å². The molecule has 2 aliphatic rings. The molecule has 6 nitrogen and oxygen atoms in total. The van der Waals surface area contributed by atoms with E-state index in [2.05, 4.69) is 14.9 Å². The minimum absolute atomic E-state index is 0.179. The SMILES string of the molecule is O[C@@H]1C[C@H]2CN(Cc3cncnc3)C[C@H]2C[C@H]1Oc1ccc(Oc2ccccc2)cc1. The largest absolute Gasteiger partial charge is 0.488 e. The van der Waals surface area contributed by atoms with Crippen molar-refractivity contribution in [1.82, 2.24) is 14.9 Å². The van der Waals surface area contributed by atoms with Crippen molar-refractivity contribution in [2.75, 3.05) is 13.1 Å². The standard InChI is InChI=1S/C25H27N3O3/c29-24-10-19-15-28(14-18-12-26-17-27-13-18)16-20(19)11-25(24)31-23-8-6-22(7-9-23)30-21-4-2-1-3-5-21/h1-9,12-13,17,19-20,24-25,29H,10-11,14-16H2/t19-,20+,24+,25+/m0/s1. The maximum atomic E-state index is 10.7. The number of hydrogen-bond donors (Lipinski definition) is 1. The molecule has 1 aliphatic carbocycles. The summed E-state index contributed by atoms with van der Waals surface area (Å²) in [5, 5.41) is 10.7. The second-order valence-corrected chi connectivity index (χ2v) is 8.54. The number of rotatable bonds is 6. The monoisotopic (exact) mass is 417 g/mol. The summed E-state index contributed by atoms with van der Waals surface area (Å²) in [6, 6.07) is 17.3. The third-order valence-corrected chi connectivity index (χ3v) is 6.27. The van der Waals surface area contributed by atoms with Gasteiger partial charge >= 0.3 is 0 Å². The molecule has 31 heavy (non-hydrogen) atoms. The van der Waals surface area contributed by atoms with Crippen LogP contribution in [0.5, 0.6) is 17.2 Å². The van der Waals surface area contributed by atoms with Crippen molar-refractivity contribution in [1.29, 1.82) is 0 Å². The molecule has 0 bridgehead atoms. The second kappa shape index (κ2) is 9.04. The summed E-state index contributed by atoms with van der Waals surface area (Å²) in [6.07, 6.45) is 6.35. The quantitative estimate of drug-likeness (QED) is 0.656. The van der Waals surface area contributed by atoms with Crippen molar-refractivity contribution in [3.8, 4) is 17.2 Å². The van der Waals surface area contributed by atoms with Gasteiger partial charge in [-0.05, 0) is 61.1 Å². The van der Waals surface area contributed by atoms with Gasteiger partial charge < -0.3 is 14.6 Å². The number of para-hydroxylation sites is 1. The Labute approximate surface area is 182 Å². The lowest BCUT2D eigenvalue weighted by Crippen LogP contribution is -2.42. The second-order valence-electron chi connectivity index (χ2n) is 8.54. The van der Waals surface area contributed by atoms with Crippen LogP contribution in [0.3, 0.4) is 0 Å². The Morgan fingerprint density at radius 3 is 2.23 bits per heavy atom. The summed E-state index contributed by atoms with van der Waals surface area (Å²) in [7, 11) is 0. The number of aliphatic hydroxyl groups excluding tert-OH is 1. The van der Waals surface area contributed by atoms with E-state index in [0.29, 0.717) is 11.8 Å². The molecule has 5 rings (SSSR count). The summed E-state index contributed by atoms with van der Waals surface area (Å²) < 4.78 is 12.0. The fraction of sp³-hybridized carbons (Fsp3) is 0.360. The highest BCUT2D eigenvalue weighted by Crippen LogP contribution is 2.38. The lowest BCUT2D eigenvalue weighted by atomic mass is 9.78. The van der Waals surface area contributed by atoms with Crippen molar-refractivity contribution in [2.45, 2.75) is 31.6 Å². The fourth-order valence-electron chi connectivity index (χ4n) is 4.80. The van der Waals surface area contributed by atoms with Gasteiger partial charge in [0.2, 0.25) is 0 Å². The van der Waals surface area contributed by atoms with Crippen LogP contribution in [-0.4, -0.2) is 45.3 Å². The lowest BCUT2D eigenvalue weighted by molar-refractivity contribution is -0.0231. The van der Waals surface area contributed by atoms with Crippen LogP contribution in [0.25, 0.3) is 0 Å². The Kier molecular flexibility index (Phi) is 5.82. The van der Waals surface area contributed by atoms with Crippen LogP contribution in [0.4, 0.5) is 0 Å². The number of nitrogens with zero attached hydrogens (tertiary/aromatic N) is 3. The van der Waals surface area contributed by atoms with Crippen molar-refractivity contribution in [3.63, 3.8) is 0 Å². The number of likely N-dealkylation sites (tertiary alicyclic amines) is 1. The number of ether oxygens (including phenoxy) is 2. The van der Waals surface area contributed by atoms with Gasteiger partial charge in [-0.15, -0.1) is 0 Å². The van der Waals surface area contributed by atoms with Gasteiger partial charge in [0.05, 0.1) is 6.10 Å². The van der Waals surface area contributed by atoms with Gasteiger partial charge in [0, 0.05) is 37.6 Å². The number of benzene rings is 2. The molecule has 0 unspecified atom stereocenters. The van der Waals surface area contributed by atoms with Crippen LogP contribution in [0.1, 0.15) is 18.4 Å². The van der Waals surface area contributed by atoms with E-state index >= 15 is 0 Å². The molecule has 1 N–H and O–H groups in total. The van der Waals surface area contributed by atoms with Crippen molar-refractivity contribution < 1.29 is 14.6 Å². The van der Waals surface area contributed by atoms with Crippen LogP contribution in [-0.2, 0) is 6.54 Å². The molecule has 1 saturated heterocycles. The van der Waals surface area contributed by atoms with Crippen molar-refractivity contribution >= 4 is 0 Å². The molecule has 1 aliphatic heterocycles. The Morgan fingerprint density at radius 2 is 1.48 bits per heavy atom. The minimum Gasteiger partial charge on any atom is -0.488 e. The number of fused-ring (bicyclic) bond motifs is 1. The van der Waals surface area contributed by atoms with E-state index in [9.17, 15) is 5.11 Å². The zero-order valence-corrected chi connectivity index (χ0v) is 17.4. The molecular formula is C25H27N3O3. The van der Waals surface area contributed by atoms with Crippen LogP contribution in [0.2, 0.25) is 0 Å². The first-order valence-corrected chi connectivity index (χ1v) is 10.9. The molecule has 6 heteroatoms. The molecule has 2 aromatic carbocycles. The molecule has 0 amide bonds. The highest BCUT2D eigenvalue weighted by atomic mass is 16.5. The average Bonchev–Trinajstić information content (AvgIpc) is 3.17. The van der Waals surface area contributed by atoms with Crippen molar-refractivity contribution in [3.05, 3.63) is 78.9 Å². The van der Waals surface area contributed by atoms with E-state index in [-0.39, 0.29) is 6.10 Å². The van der Waals surface area contributed by atoms with E-state index in [0.717, 1.165) is 55.3 Å². The molecule has 160 valence electrons. The normalized spacial score (nSPS) is 25.7. The topological polar surface area (TPSA) is 67.7 Å². The molecule has 0 spiro atoms. The highest BCUT2D eigenvalue weighted by molar-refractivity contribution is 5.35. The maximum Gasteiger partial charge on any atom is 0.127 e. The molecule has 4 atom stereocenters. The maximum absolute atomic E-state index is 10.7.